The Balaban J connectivity index is 2.30. The molecule has 0 unspecified atom stereocenters. The van der Waals surface area contributed by atoms with Crippen LogP contribution >= 0.6 is 34.8 Å². The highest BCUT2D eigenvalue weighted by atomic mass is 35.5. The van der Waals surface area contributed by atoms with E-state index < -0.39 is 0 Å². The lowest BCUT2D eigenvalue weighted by atomic mass is 10.1. The first-order valence-electron chi connectivity index (χ1n) is 5.52. The normalized spacial score (nSPS) is 11.0. The molecule has 3 aromatic rings. The molecule has 0 aliphatic carbocycles. The van der Waals surface area contributed by atoms with Gasteiger partial charge in [0.05, 0.1) is 12.7 Å². The van der Waals surface area contributed by atoms with Crippen molar-refractivity contribution in [1.29, 1.82) is 0 Å². The van der Waals surface area contributed by atoms with E-state index in [2.05, 4.69) is 15.1 Å². The zero-order chi connectivity index (χ0) is 14.3. The van der Waals surface area contributed by atoms with Gasteiger partial charge in [-0.25, -0.2) is 0 Å². The Bertz CT molecular complexity index is 803. The first-order chi connectivity index (χ1) is 9.60. The molecule has 5 nitrogen and oxygen atoms in total. The highest BCUT2D eigenvalue weighted by Gasteiger charge is 2.17. The first-order valence-corrected chi connectivity index (χ1v) is 6.65. The van der Waals surface area contributed by atoms with Crippen molar-refractivity contribution in [3.8, 4) is 17.1 Å². The molecule has 0 saturated carbocycles. The summed E-state index contributed by atoms with van der Waals surface area (Å²) in [6, 6.07) is 7.31. The molecule has 0 spiro atoms. The van der Waals surface area contributed by atoms with Crippen LogP contribution in [0, 0.1) is 0 Å². The number of hydrogen-bond donors (Lipinski definition) is 0. The Morgan fingerprint density at radius 3 is 2.65 bits per heavy atom. The monoisotopic (exact) mass is 328 g/mol. The van der Waals surface area contributed by atoms with Gasteiger partial charge in [-0.15, -0.1) is 5.10 Å². The fraction of sp³-hybridized carbons (Fsp3) is 0.0833. The van der Waals surface area contributed by atoms with Gasteiger partial charge in [-0.2, -0.15) is 14.5 Å². The molecule has 1 aromatic carbocycles. The molecule has 0 radical (unpaired) electrons. The van der Waals surface area contributed by atoms with Gasteiger partial charge in [0.2, 0.25) is 0 Å². The van der Waals surface area contributed by atoms with Crippen LogP contribution in [0.5, 0.6) is 6.01 Å². The van der Waals surface area contributed by atoms with Gasteiger partial charge in [0.1, 0.15) is 10.3 Å². The van der Waals surface area contributed by atoms with Crippen LogP contribution in [-0.4, -0.2) is 26.7 Å². The number of halogens is 3. The predicted molar refractivity (Wildman–Crippen MR) is 77.8 cm³/mol. The third-order valence-corrected chi connectivity index (χ3v) is 3.52. The molecule has 20 heavy (non-hydrogen) atoms. The molecule has 102 valence electrons. The molecule has 0 atom stereocenters. The van der Waals surface area contributed by atoms with Gasteiger partial charge in [0, 0.05) is 5.02 Å². The zero-order valence-electron chi connectivity index (χ0n) is 10.1. The summed E-state index contributed by atoms with van der Waals surface area (Å²) in [7, 11) is 1.46. The average Bonchev–Trinajstić information content (AvgIpc) is 2.82. The maximum atomic E-state index is 6.34. The molecule has 0 fully saturated rings. The van der Waals surface area contributed by atoms with E-state index >= 15 is 0 Å². The zero-order valence-corrected chi connectivity index (χ0v) is 12.4. The van der Waals surface area contributed by atoms with Crippen molar-refractivity contribution in [3.05, 3.63) is 39.6 Å². The topological polar surface area (TPSA) is 52.3 Å². The summed E-state index contributed by atoms with van der Waals surface area (Å²) in [6.45, 7) is 0. The second kappa shape index (κ2) is 5.09. The lowest BCUT2D eigenvalue weighted by molar-refractivity contribution is 0.380. The summed E-state index contributed by atoms with van der Waals surface area (Å²) < 4.78 is 6.32. The number of hydrogen-bond acceptors (Lipinski definition) is 4. The van der Waals surface area contributed by atoms with Crippen LogP contribution < -0.4 is 4.74 Å². The van der Waals surface area contributed by atoms with Gasteiger partial charge in [-0.1, -0.05) is 46.9 Å². The summed E-state index contributed by atoms with van der Waals surface area (Å²) >= 11 is 18.5. The van der Waals surface area contributed by atoms with Gasteiger partial charge in [0.25, 0.3) is 5.78 Å². The molecule has 0 amide bonds. The van der Waals surface area contributed by atoms with Crippen molar-refractivity contribution in [2.75, 3.05) is 7.11 Å². The van der Waals surface area contributed by atoms with E-state index in [0.29, 0.717) is 10.6 Å². The number of aromatic nitrogens is 4. The van der Waals surface area contributed by atoms with Crippen LogP contribution in [0.15, 0.2) is 24.3 Å². The molecule has 2 heterocycles. The van der Waals surface area contributed by atoms with Gasteiger partial charge in [-0.05, 0) is 17.7 Å². The lowest BCUT2D eigenvalue weighted by Crippen LogP contribution is -1.97. The first kappa shape index (κ1) is 13.4. The molecule has 0 aliphatic rings. The van der Waals surface area contributed by atoms with Crippen molar-refractivity contribution < 1.29 is 4.74 Å². The molecular weight excluding hydrogens is 323 g/mol. The van der Waals surface area contributed by atoms with Crippen molar-refractivity contribution in [2.45, 2.75) is 0 Å². The average molecular weight is 330 g/mol. The molecule has 8 heteroatoms. The van der Waals surface area contributed by atoms with Gasteiger partial charge < -0.3 is 4.74 Å². The van der Waals surface area contributed by atoms with Crippen molar-refractivity contribution >= 4 is 40.6 Å². The SMILES string of the molecule is COc1nc2nc(Cl)c(-c3cccc(Cl)c3)c(Cl)n2n1. The third kappa shape index (κ3) is 2.18. The van der Waals surface area contributed by atoms with E-state index in [1.165, 1.54) is 11.6 Å². The highest BCUT2D eigenvalue weighted by Crippen LogP contribution is 2.34. The fourth-order valence-corrected chi connectivity index (χ4v) is 2.62. The Kier molecular flexibility index (Phi) is 3.41. The Labute approximate surface area is 129 Å². The minimum atomic E-state index is 0.165. The van der Waals surface area contributed by atoms with Crippen LogP contribution in [0.1, 0.15) is 0 Å². The standard InChI is InChI=1S/C12H7Cl3N4O/c1-20-12-17-11-16-9(14)8(10(15)19(11)18-12)6-3-2-4-7(13)5-6/h2-5H,1H3. The van der Waals surface area contributed by atoms with E-state index in [1.54, 1.807) is 18.2 Å². The summed E-state index contributed by atoms with van der Waals surface area (Å²) in [4.78, 5) is 8.19. The molecule has 0 aliphatic heterocycles. The molecule has 3 rings (SSSR count). The van der Waals surface area contributed by atoms with Crippen LogP contribution in [0.4, 0.5) is 0 Å². The Morgan fingerprint density at radius 2 is 1.95 bits per heavy atom. The van der Waals surface area contributed by atoms with E-state index in [9.17, 15) is 0 Å². The van der Waals surface area contributed by atoms with Crippen molar-refractivity contribution in [2.24, 2.45) is 0 Å². The number of ether oxygens (including phenoxy) is 1. The van der Waals surface area contributed by atoms with E-state index in [-0.39, 0.29) is 22.1 Å². The summed E-state index contributed by atoms with van der Waals surface area (Å²) in [6.07, 6.45) is 0. The third-order valence-electron chi connectivity index (χ3n) is 2.66. The van der Waals surface area contributed by atoms with Crippen molar-refractivity contribution in [1.82, 2.24) is 19.6 Å². The van der Waals surface area contributed by atoms with Crippen LogP contribution in [0.3, 0.4) is 0 Å². The molecule has 0 bridgehead atoms. The predicted octanol–water partition coefficient (Wildman–Crippen LogP) is 3.76. The molecule has 0 saturated heterocycles. The second-order valence-corrected chi connectivity index (χ2v) is 5.04. The van der Waals surface area contributed by atoms with Gasteiger partial charge in [0.15, 0.2) is 0 Å². The molecular formula is C12H7Cl3N4O. The summed E-state index contributed by atoms with van der Waals surface area (Å²) in [5.41, 5.74) is 1.28. The fourth-order valence-electron chi connectivity index (χ4n) is 1.79. The van der Waals surface area contributed by atoms with Crippen molar-refractivity contribution in [3.63, 3.8) is 0 Å². The van der Waals surface area contributed by atoms with E-state index in [1.807, 2.05) is 6.07 Å². The molecule has 2 aromatic heterocycles. The Morgan fingerprint density at radius 1 is 1.15 bits per heavy atom. The highest BCUT2D eigenvalue weighted by molar-refractivity contribution is 6.38. The number of rotatable bonds is 2. The van der Waals surface area contributed by atoms with Crippen LogP contribution in [0.2, 0.25) is 15.3 Å². The largest absolute Gasteiger partial charge is 0.466 e. The summed E-state index contributed by atoms with van der Waals surface area (Å²) in [5.74, 6) is 0.266. The molecule has 0 N–H and O–H groups in total. The van der Waals surface area contributed by atoms with Crippen LogP contribution in [-0.2, 0) is 0 Å². The number of methoxy groups -OCH3 is 1. The van der Waals surface area contributed by atoms with Crippen LogP contribution in [0.25, 0.3) is 16.9 Å². The van der Waals surface area contributed by atoms with Gasteiger partial charge >= 0.3 is 6.01 Å². The van der Waals surface area contributed by atoms with Gasteiger partial charge in [-0.3, -0.25) is 0 Å². The number of fused-ring (bicyclic) bond motifs is 1. The Hall–Kier alpha value is -1.56. The lowest BCUT2D eigenvalue weighted by Gasteiger charge is -2.07. The quantitative estimate of drug-likeness (QED) is 0.672. The number of nitrogens with zero attached hydrogens (tertiary/aromatic N) is 4. The summed E-state index contributed by atoms with van der Waals surface area (Å²) in [5, 5.41) is 5.16. The van der Waals surface area contributed by atoms with E-state index in [4.69, 9.17) is 39.5 Å². The minimum absolute atomic E-state index is 0.165. The maximum Gasteiger partial charge on any atom is 0.337 e. The second-order valence-electron chi connectivity index (χ2n) is 3.89. The maximum absolute atomic E-state index is 6.34. The van der Waals surface area contributed by atoms with E-state index in [0.717, 1.165) is 5.56 Å². The minimum Gasteiger partial charge on any atom is -0.466 e. The smallest absolute Gasteiger partial charge is 0.337 e. The number of benzene rings is 1.